The number of benzene rings is 2. The van der Waals surface area contributed by atoms with Crippen molar-refractivity contribution >= 4 is 23.5 Å². The second kappa shape index (κ2) is 9.23. The van der Waals surface area contributed by atoms with Gasteiger partial charge >= 0.3 is 11.9 Å². The molecule has 1 unspecified atom stereocenters. The predicted molar refractivity (Wildman–Crippen MR) is 108 cm³/mol. The van der Waals surface area contributed by atoms with Crippen molar-refractivity contribution in [1.29, 1.82) is 0 Å². The molecule has 152 valence electrons. The highest BCUT2D eigenvalue weighted by Gasteiger charge is 2.27. The van der Waals surface area contributed by atoms with Gasteiger partial charge in [0.05, 0.1) is 12.0 Å². The third-order valence-corrected chi connectivity index (χ3v) is 5.06. The second-order valence-electron chi connectivity index (χ2n) is 7.12. The number of para-hydroxylation sites is 1. The molecule has 1 amide bonds. The number of hydrogen-bond acceptors (Lipinski definition) is 4. The van der Waals surface area contributed by atoms with Crippen LogP contribution in [0.25, 0.3) is 0 Å². The van der Waals surface area contributed by atoms with Crippen molar-refractivity contribution in [1.82, 2.24) is 5.32 Å². The summed E-state index contributed by atoms with van der Waals surface area (Å²) >= 11 is 0. The van der Waals surface area contributed by atoms with Crippen molar-refractivity contribution in [2.75, 3.05) is 18.0 Å². The van der Waals surface area contributed by atoms with Crippen molar-refractivity contribution in [2.24, 2.45) is 0 Å². The van der Waals surface area contributed by atoms with Gasteiger partial charge in [0.25, 0.3) is 0 Å². The summed E-state index contributed by atoms with van der Waals surface area (Å²) < 4.78 is 0. The molecule has 1 saturated heterocycles. The van der Waals surface area contributed by atoms with Crippen LogP contribution in [0.15, 0.2) is 48.5 Å². The molecule has 1 fully saturated rings. The molecule has 0 radical (unpaired) electrons. The number of carboxylic acid groups (broad SMARTS) is 2. The highest BCUT2D eigenvalue weighted by atomic mass is 16.4. The first-order chi connectivity index (χ1) is 14.0. The van der Waals surface area contributed by atoms with Crippen molar-refractivity contribution in [3.05, 3.63) is 65.2 Å². The minimum atomic E-state index is -1.15. The van der Waals surface area contributed by atoms with Gasteiger partial charge in [-0.3, -0.25) is 4.79 Å². The lowest BCUT2D eigenvalue weighted by Crippen LogP contribution is -2.37. The summed E-state index contributed by atoms with van der Waals surface area (Å²) in [6.45, 7) is 1.74. The summed E-state index contributed by atoms with van der Waals surface area (Å²) in [6, 6.07) is 12.1. The number of hydrogen-bond donors (Lipinski definition) is 3. The smallest absolute Gasteiger partial charge is 0.335 e. The second-order valence-corrected chi connectivity index (χ2v) is 7.12. The molecule has 7 nitrogen and oxygen atoms in total. The van der Waals surface area contributed by atoms with Crippen LogP contribution in [0.1, 0.15) is 46.8 Å². The molecule has 0 bridgehead atoms. The molecule has 29 heavy (non-hydrogen) atoms. The number of carbonyl (C=O) groups is 3. The zero-order valence-electron chi connectivity index (χ0n) is 16.0. The average molecular weight is 396 g/mol. The summed E-state index contributed by atoms with van der Waals surface area (Å²) in [5, 5.41) is 21.3. The number of amides is 1. The van der Waals surface area contributed by atoms with Gasteiger partial charge < -0.3 is 20.4 Å². The number of carbonyl (C=O) groups excluding carboxylic acids is 1. The third kappa shape index (κ3) is 5.13. The fourth-order valence-corrected chi connectivity index (χ4v) is 3.59. The number of rotatable bonds is 7. The number of carboxylic acids is 2. The molecular formula is C22H24N2O5. The molecule has 0 saturated carbocycles. The number of anilines is 1. The van der Waals surface area contributed by atoms with Gasteiger partial charge in [0.1, 0.15) is 0 Å². The molecule has 0 spiro atoms. The van der Waals surface area contributed by atoms with Crippen molar-refractivity contribution < 1.29 is 24.6 Å². The van der Waals surface area contributed by atoms with E-state index >= 15 is 0 Å². The number of nitrogens with zero attached hydrogens (tertiary/aromatic N) is 1. The van der Waals surface area contributed by atoms with Crippen LogP contribution in [0.4, 0.5) is 5.69 Å². The first-order valence-electron chi connectivity index (χ1n) is 9.64. The van der Waals surface area contributed by atoms with E-state index in [2.05, 4.69) is 10.2 Å². The van der Waals surface area contributed by atoms with Gasteiger partial charge in [-0.2, -0.15) is 0 Å². The number of nitrogens with one attached hydrogen (secondary N) is 1. The van der Waals surface area contributed by atoms with E-state index in [1.807, 2.05) is 12.1 Å². The van der Waals surface area contributed by atoms with Crippen LogP contribution in [0.3, 0.4) is 0 Å². The van der Waals surface area contributed by atoms with E-state index in [4.69, 9.17) is 5.11 Å². The van der Waals surface area contributed by atoms with Crippen molar-refractivity contribution in [3.8, 4) is 0 Å². The Kier molecular flexibility index (Phi) is 6.49. The Balaban J connectivity index is 1.76. The van der Waals surface area contributed by atoms with Crippen LogP contribution >= 0.6 is 0 Å². The van der Waals surface area contributed by atoms with E-state index < -0.39 is 23.9 Å². The highest BCUT2D eigenvalue weighted by molar-refractivity contribution is 5.89. The van der Waals surface area contributed by atoms with Gasteiger partial charge in [-0.25, -0.2) is 9.59 Å². The Bertz CT molecular complexity index is 888. The summed E-state index contributed by atoms with van der Waals surface area (Å²) in [5.41, 5.74) is 2.15. The fourth-order valence-electron chi connectivity index (χ4n) is 3.59. The van der Waals surface area contributed by atoms with Crippen molar-refractivity contribution in [3.63, 3.8) is 0 Å². The normalized spacial score (nSPS) is 14.8. The van der Waals surface area contributed by atoms with Crippen LogP contribution < -0.4 is 10.2 Å². The first-order valence-corrected chi connectivity index (χ1v) is 9.64. The van der Waals surface area contributed by atoms with Crippen LogP contribution in [0, 0.1) is 0 Å². The van der Waals surface area contributed by atoms with E-state index in [0.717, 1.165) is 31.6 Å². The van der Waals surface area contributed by atoms with E-state index in [0.29, 0.717) is 11.1 Å². The molecule has 3 rings (SSSR count). The molecule has 3 N–H and O–H groups in total. The molecule has 1 aliphatic rings. The van der Waals surface area contributed by atoms with Crippen molar-refractivity contribution in [2.45, 2.75) is 31.7 Å². The van der Waals surface area contributed by atoms with Gasteiger partial charge in [0, 0.05) is 24.3 Å². The lowest BCUT2D eigenvalue weighted by atomic mass is 10.0. The third-order valence-electron chi connectivity index (χ3n) is 5.06. The quantitative estimate of drug-likeness (QED) is 0.664. The number of aliphatic carboxylic acids is 1. The van der Waals surface area contributed by atoms with Gasteiger partial charge in [-0.15, -0.1) is 0 Å². The minimum Gasteiger partial charge on any atom is -0.479 e. The largest absolute Gasteiger partial charge is 0.479 e. The maximum atomic E-state index is 12.5. The van der Waals surface area contributed by atoms with E-state index in [1.165, 1.54) is 18.6 Å². The molecule has 7 heteroatoms. The molecule has 0 aromatic heterocycles. The van der Waals surface area contributed by atoms with E-state index in [9.17, 15) is 19.5 Å². The zero-order chi connectivity index (χ0) is 20.8. The average Bonchev–Trinajstić information content (AvgIpc) is 2.73. The van der Waals surface area contributed by atoms with Crippen LogP contribution in [0.5, 0.6) is 0 Å². The topological polar surface area (TPSA) is 107 Å². The standard InChI is InChI=1S/C22H24N2O5/c25-19(14-15-8-10-16(11-9-15)21(26)27)23-20(22(28)29)17-6-2-3-7-18(17)24-12-4-1-5-13-24/h2-3,6-11,20H,1,4-5,12-14H2,(H,23,25)(H,26,27)(H,28,29). The van der Waals surface area contributed by atoms with Gasteiger partial charge in [0.2, 0.25) is 5.91 Å². The monoisotopic (exact) mass is 396 g/mol. The summed E-state index contributed by atoms with van der Waals surface area (Å²) in [6.07, 6.45) is 3.25. The summed E-state index contributed by atoms with van der Waals surface area (Å²) in [5.74, 6) is -2.60. The Morgan fingerprint density at radius 2 is 1.59 bits per heavy atom. The lowest BCUT2D eigenvalue weighted by molar-refractivity contribution is -0.141. The number of aromatic carboxylic acids is 1. The zero-order valence-corrected chi connectivity index (χ0v) is 16.0. The van der Waals surface area contributed by atoms with Crippen LogP contribution in [-0.2, 0) is 16.0 Å². The Hall–Kier alpha value is -3.35. The molecule has 1 heterocycles. The summed E-state index contributed by atoms with van der Waals surface area (Å²) in [4.78, 5) is 37.5. The maximum absolute atomic E-state index is 12.5. The minimum absolute atomic E-state index is 0.0322. The Morgan fingerprint density at radius 3 is 2.21 bits per heavy atom. The highest BCUT2D eigenvalue weighted by Crippen LogP contribution is 2.29. The molecule has 2 aromatic rings. The SMILES string of the molecule is O=C(Cc1ccc(C(=O)O)cc1)NC(C(=O)O)c1ccccc1N1CCCCC1. The Morgan fingerprint density at radius 1 is 0.931 bits per heavy atom. The van der Waals surface area contributed by atoms with Gasteiger partial charge in [0.15, 0.2) is 6.04 Å². The first kappa shape index (κ1) is 20.4. The van der Waals surface area contributed by atoms with Crippen LogP contribution in [0.2, 0.25) is 0 Å². The predicted octanol–water partition coefficient (Wildman–Crippen LogP) is 2.86. The molecule has 1 atom stereocenters. The number of piperidine rings is 1. The molecule has 1 aliphatic heterocycles. The van der Waals surface area contributed by atoms with E-state index in [-0.39, 0.29) is 12.0 Å². The maximum Gasteiger partial charge on any atom is 0.335 e. The molecule has 0 aliphatic carbocycles. The van der Waals surface area contributed by atoms with E-state index in [1.54, 1.807) is 24.3 Å². The lowest BCUT2D eigenvalue weighted by Gasteiger charge is -2.32. The fraction of sp³-hybridized carbons (Fsp3) is 0.318. The van der Waals surface area contributed by atoms with Gasteiger partial charge in [-0.05, 0) is 43.0 Å². The van der Waals surface area contributed by atoms with Gasteiger partial charge in [-0.1, -0.05) is 30.3 Å². The molecular weight excluding hydrogens is 372 g/mol. The Labute approximate surface area is 169 Å². The summed E-state index contributed by atoms with van der Waals surface area (Å²) in [7, 11) is 0. The molecule has 2 aromatic carbocycles. The van der Waals surface area contributed by atoms with Crippen LogP contribution in [-0.4, -0.2) is 41.1 Å².